The summed E-state index contributed by atoms with van der Waals surface area (Å²) < 4.78 is 0. The molecule has 4 heteroatoms. The minimum absolute atomic E-state index is 0.470. The molecule has 1 fully saturated rings. The summed E-state index contributed by atoms with van der Waals surface area (Å²) in [4.78, 5) is 4.36. The predicted octanol–water partition coefficient (Wildman–Crippen LogP) is 8.38. The van der Waals surface area contributed by atoms with E-state index in [9.17, 15) is 0 Å². The van der Waals surface area contributed by atoms with Gasteiger partial charge in [0.1, 0.15) is 0 Å². The highest BCUT2D eigenvalue weighted by Gasteiger charge is 2.19. The molecule has 0 amide bonds. The number of nitrogens with zero attached hydrogens (tertiary/aromatic N) is 1. The van der Waals surface area contributed by atoms with Crippen LogP contribution in [0.1, 0.15) is 76.5 Å². The van der Waals surface area contributed by atoms with Gasteiger partial charge in [0.25, 0.3) is 0 Å². The standard InChI is InChI=1S/C12H17N.C10H12ClN.C6H12.CH4O/c1-9-4-6-12(7-5-9)10(2)8-11(3)13;1-7(2)12-10-5-4-9(11)6-8(10)3;1-5-3-6(2)4-5;1-2/h4-7,10H,3,8,13H2,1-2H3;4-6H,1-3H3;5-6H,3-4H2,1-2H3;2H,1H3. The van der Waals surface area contributed by atoms with E-state index in [4.69, 9.17) is 22.4 Å². The lowest BCUT2D eigenvalue weighted by molar-refractivity contribution is 0.233. The average molecular weight is 473 g/mol. The Kier molecular flexibility index (Phi) is 15.5. The van der Waals surface area contributed by atoms with E-state index in [0.717, 1.165) is 53.0 Å². The van der Waals surface area contributed by atoms with Crippen LogP contribution in [0.25, 0.3) is 0 Å². The van der Waals surface area contributed by atoms with Crippen LogP contribution in [0, 0.1) is 25.7 Å². The number of rotatable bonds is 4. The molecule has 33 heavy (non-hydrogen) atoms. The van der Waals surface area contributed by atoms with Gasteiger partial charge < -0.3 is 10.8 Å². The second kappa shape index (κ2) is 16.5. The molecule has 0 aromatic heterocycles. The van der Waals surface area contributed by atoms with Crippen molar-refractivity contribution in [2.45, 2.75) is 73.6 Å². The highest BCUT2D eigenvalue weighted by atomic mass is 35.5. The molecule has 3 nitrogen and oxygen atoms in total. The van der Waals surface area contributed by atoms with Gasteiger partial charge in [-0.05, 0) is 94.0 Å². The Balaban J connectivity index is 0.000000472. The number of aliphatic hydroxyl groups is 1. The minimum atomic E-state index is 0.470. The van der Waals surface area contributed by atoms with E-state index < -0.39 is 0 Å². The van der Waals surface area contributed by atoms with Gasteiger partial charge in [0.15, 0.2) is 0 Å². The van der Waals surface area contributed by atoms with E-state index in [1.54, 1.807) is 0 Å². The van der Waals surface area contributed by atoms with E-state index in [1.807, 2.05) is 39.0 Å². The molecule has 0 radical (unpaired) electrons. The monoisotopic (exact) mass is 472 g/mol. The molecule has 2 aromatic carbocycles. The van der Waals surface area contributed by atoms with Crippen LogP contribution in [0.4, 0.5) is 5.69 Å². The van der Waals surface area contributed by atoms with Gasteiger partial charge in [0.05, 0.1) is 5.69 Å². The molecule has 1 saturated carbocycles. The largest absolute Gasteiger partial charge is 0.402 e. The van der Waals surface area contributed by atoms with Crippen molar-refractivity contribution < 1.29 is 5.11 Å². The summed E-state index contributed by atoms with van der Waals surface area (Å²) >= 11 is 5.81. The number of aliphatic hydroxyl groups excluding tert-OH is 1. The predicted molar refractivity (Wildman–Crippen MR) is 148 cm³/mol. The van der Waals surface area contributed by atoms with Crippen molar-refractivity contribution in [3.63, 3.8) is 0 Å². The SMILES string of the molecule is C=C(N)CC(C)c1ccc(C)cc1.CC(C)=Nc1ccc(Cl)cc1C.CC1CC(C)C1.CO. The number of nitrogens with two attached hydrogens (primary N) is 1. The maximum Gasteiger partial charge on any atom is 0.0658 e. The van der Waals surface area contributed by atoms with E-state index in [-0.39, 0.29) is 0 Å². The number of hydrogen-bond donors (Lipinski definition) is 2. The smallest absolute Gasteiger partial charge is 0.0658 e. The van der Waals surface area contributed by atoms with Crippen molar-refractivity contribution in [3.8, 4) is 0 Å². The second-order valence-electron chi connectivity index (χ2n) is 9.35. The Labute approximate surface area is 207 Å². The van der Waals surface area contributed by atoms with Gasteiger partial charge in [0, 0.05) is 23.5 Å². The summed E-state index contributed by atoms with van der Waals surface area (Å²) in [6.45, 7) is 18.6. The van der Waals surface area contributed by atoms with Crippen molar-refractivity contribution in [3.05, 3.63) is 76.5 Å². The molecule has 0 saturated heterocycles. The molecular weight excluding hydrogens is 428 g/mol. The van der Waals surface area contributed by atoms with Gasteiger partial charge in [-0.2, -0.15) is 0 Å². The molecule has 0 aliphatic heterocycles. The molecule has 3 N–H and O–H groups in total. The summed E-state index contributed by atoms with van der Waals surface area (Å²) in [6.07, 6.45) is 3.81. The van der Waals surface area contributed by atoms with Crippen LogP contribution in [0.5, 0.6) is 0 Å². The third-order valence-corrected chi connectivity index (χ3v) is 5.56. The second-order valence-corrected chi connectivity index (χ2v) is 9.78. The van der Waals surface area contributed by atoms with E-state index >= 15 is 0 Å². The van der Waals surface area contributed by atoms with Gasteiger partial charge in [-0.25, -0.2) is 0 Å². The molecule has 1 unspecified atom stereocenters. The first-order valence-corrected chi connectivity index (χ1v) is 12.1. The fourth-order valence-corrected chi connectivity index (χ4v) is 3.92. The first kappa shape index (κ1) is 30.9. The van der Waals surface area contributed by atoms with E-state index in [2.05, 4.69) is 63.5 Å². The molecule has 184 valence electrons. The topological polar surface area (TPSA) is 58.6 Å². The van der Waals surface area contributed by atoms with Crippen molar-refractivity contribution in [2.75, 3.05) is 7.11 Å². The van der Waals surface area contributed by atoms with Crippen molar-refractivity contribution in [2.24, 2.45) is 22.6 Å². The van der Waals surface area contributed by atoms with Crippen molar-refractivity contribution in [1.82, 2.24) is 0 Å². The number of allylic oxidation sites excluding steroid dienone is 1. The summed E-state index contributed by atoms with van der Waals surface area (Å²) in [7, 11) is 1.00. The third-order valence-electron chi connectivity index (χ3n) is 5.33. The van der Waals surface area contributed by atoms with E-state index in [1.165, 1.54) is 24.0 Å². The highest BCUT2D eigenvalue weighted by molar-refractivity contribution is 6.30. The molecule has 1 aliphatic carbocycles. The molecule has 0 bridgehead atoms. The molecular formula is C29H45ClN2O. The van der Waals surface area contributed by atoms with Gasteiger partial charge in [-0.1, -0.05) is 68.8 Å². The average Bonchev–Trinajstić information content (AvgIpc) is 2.71. The van der Waals surface area contributed by atoms with E-state index in [0.29, 0.717) is 5.92 Å². The Morgan fingerprint density at radius 2 is 1.58 bits per heavy atom. The Hall–Kier alpha value is -2.10. The quantitative estimate of drug-likeness (QED) is 0.439. The Morgan fingerprint density at radius 3 is 1.94 bits per heavy atom. The maximum absolute atomic E-state index is 7.00. The third kappa shape index (κ3) is 13.9. The molecule has 1 atom stereocenters. The molecule has 0 spiro atoms. The summed E-state index contributed by atoms with van der Waals surface area (Å²) in [6, 6.07) is 14.3. The Morgan fingerprint density at radius 1 is 1.06 bits per heavy atom. The summed E-state index contributed by atoms with van der Waals surface area (Å²) in [5, 5.41) is 7.76. The molecule has 1 aliphatic rings. The lowest BCUT2D eigenvalue weighted by Gasteiger charge is -2.28. The molecule has 0 heterocycles. The van der Waals surface area contributed by atoms with Crippen LogP contribution in [-0.2, 0) is 0 Å². The van der Waals surface area contributed by atoms with Crippen LogP contribution >= 0.6 is 11.6 Å². The lowest BCUT2D eigenvalue weighted by atomic mass is 9.78. The Bertz CT molecular complexity index is 842. The molecule has 2 aromatic rings. The minimum Gasteiger partial charge on any atom is -0.402 e. The van der Waals surface area contributed by atoms with Crippen LogP contribution in [0.2, 0.25) is 5.02 Å². The van der Waals surface area contributed by atoms with Crippen LogP contribution in [0.15, 0.2) is 59.7 Å². The zero-order valence-electron chi connectivity index (χ0n) is 22.0. The van der Waals surface area contributed by atoms with Crippen molar-refractivity contribution >= 4 is 23.0 Å². The van der Waals surface area contributed by atoms with Gasteiger partial charge in [-0.3, -0.25) is 4.99 Å². The van der Waals surface area contributed by atoms with Crippen molar-refractivity contribution in [1.29, 1.82) is 0 Å². The van der Waals surface area contributed by atoms with Gasteiger partial charge in [-0.15, -0.1) is 0 Å². The van der Waals surface area contributed by atoms with Crippen LogP contribution in [0.3, 0.4) is 0 Å². The summed E-state index contributed by atoms with van der Waals surface area (Å²) in [5.74, 6) is 2.55. The van der Waals surface area contributed by atoms with Crippen LogP contribution < -0.4 is 5.73 Å². The first-order valence-electron chi connectivity index (χ1n) is 11.7. The fourth-order valence-electron chi connectivity index (χ4n) is 3.70. The summed E-state index contributed by atoms with van der Waals surface area (Å²) in [5.41, 5.74) is 12.1. The molecule has 3 rings (SSSR count). The fraction of sp³-hybridized carbons (Fsp3) is 0.483. The zero-order valence-corrected chi connectivity index (χ0v) is 22.7. The number of hydrogen-bond acceptors (Lipinski definition) is 3. The normalized spacial score (nSPS) is 16.8. The highest BCUT2D eigenvalue weighted by Crippen LogP contribution is 2.31. The number of halogens is 1. The lowest BCUT2D eigenvalue weighted by Crippen LogP contribution is -2.16. The van der Waals surface area contributed by atoms with Gasteiger partial charge in [0.2, 0.25) is 0 Å². The number of aliphatic imine (C=N–C) groups is 1. The zero-order chi connectivity index (χ0) is 25.6. The maximum atomic E-state index is 7.00. The van der Waals surface area contributed by atoms with Gasteiger partial charge >= 0.3 is 0 Å². The first-order chi connectivity index (χ1) is 15.5. The number of benzene rings is 2. The van der Waals surface area contributed by atoms with Crippen LogP contribution in [-0.4, -0.2) is 17.9 Å². The number of aryl methyl sites for hydroxylation is 2.